The lowest BCUT2D eigenvalue weighted by Gasteiger charge is -2.35. The van der Waals surface area contributed by atoms with E-state index in [1.54, 1.807) is 0 Å². The van der Waals surface area contributed by atoms with Crippen LogP contribution in [-0.4, -0.2) is 64.9 Å². The molecule has 25 heavy (non-hydrogen) atoms. The Labute approximate surface area is 147 Å². The highest BCUT2D eigenvalue weighted by Gasteiger charge is 2.27. The number of β-amino-alcohol motifs (C(OH)–C–C–N with tert-alkyl or cyclic N) is 1. The second-order valence-electron chi connectivity index (χ2n) is 6.45. The molecular formula is C18H26N2O5. The maximum atomic E-state index is 11.7. The number of aliphatic hydroxyl groups excluding tert-OH is 2. The van der Waals surface area contributed by atoms with Crippen LogP contribution in [0.1, 0.15) is 24.8 Å². The molecule has 1 amide bonds. The lowest BCUT2D eigenvalue weighted by Crippen LogP contribution is -2.44. The largest absolute Gasteiger partial charge is 0.483 e. The molecule has 0 bridgehead atoms. The number of hydrogen-bond donors (Lipinski definition) is 3. The minimum Gasteiger partial charge on any atom is -0.483 e. The third-order valence-electron chi connectivity index (χ3n) is 4.77. The van der Waals surface area contributed by atoms with Crippen molar-refractivity contribution in [2.75, 3.05) is 31.1 Å². The quantitative estimate of drug-likeness (QED) is 0.691. The van der Waals surface area contributed by atoms with Crippen molar-refractivity contribution in [2.24, 2.45) is 5.92 Å². The van der Waals surface area contributed by atoms with Gasteiger partial charge in [0.05, 0.1) is 6.10 Å². The third-order valence-corrected chi connectivity index (χ3v) is 4.77. The van der Waals surface area contributed by atoms with E-state index in [0.717, 1.165) is 38.2 Å². The van der Waals surface area contributed by atoms with Crippen LogP contribution in [0, 0.1) is 5.92 Å². The normalized spacial score (nSPS) is 23.9. The van der Waals surface area contributed by atoms with Crippen LogP contribution in [0.5, 0.6) is 0 Å². The summed E-state index contributed by atoms with van der Waals surface area (Å²) in [5.74, 6) is 0.224. The predicted octanol–water partition coefficient (Wildman–Crippen LogP) is 0.689. The summed E-state index contributed by atoms with van der Waals surface area (Å²) in [7, 11) is 0. The van der Waals surface area contributed by atoms with Crippen LogP contribution in [0.2, 0.25) is 0 Å². The molecule has 0 saturated carbocycles. The molecule has 0 spiro atoms. The summed E-state index contributed by atoms with van der Waals surface area (Å²) < 4.78 is 0. The first-order valence-corrected chi connectivity index (χ1v) is 8.57. The summed E-state index contributed by atoms with van der Waals surface area (Å²) >= 11 is 0. The highest BCUT2D eigenvalue weighted by Crippen LogP contribution is 2.23. The van der Waals surface area contributed by atoms with Crippen LogP contribution < -0.4 is 4.90 Å². The molecule has 0 aliphatic carbocycles. The van der Waals surface area contributed by atoms with Gasteiger partial charge in [-0.05, 0) is 37.1 Å². The van der Waals surface area contributed by atoms with Gasteiger partial charge in [0.2, 0.25) is 5.91 Å². The van der Waals surface area contributed by atoms with Crippen molar-refractivity contribution in [3.05, 3.63) is 29.8 Å². The van der Waals surface area contributed by atoms with Gasteiger partial charge >= 0.3 is 0 Å². The van der Waals surface area contributed by atoms with Crippen molar-refractivity contribution < 1.29 is 24.9 Å². The van der Waals surface area contributed by atoms with E-state index < -0.39 is 6.10 Å². The molecule has 7 nitrogen and oxygen atoms in total. The Morgan fingerprint density at radius 1 is 1.20 bits per heavy atom. The summed E-state index contributed by atoms with van der Waals surface area (Å²) in [6.07, 6.45) is 1.98. The Morgan fingerprint density at radius 3 is 2.40 bits per heavy atom. The van der Waals surface area contributed by atoms with Gasteiger partial charge in [0.25, 0.3) is 6.47 Å². The van der Waals surface area contributed by atoms with E-state index in [1.807, 2.05) is 17.0 Å². The molecule has 3 rings (SSSR count). The Morgan fingerprint density at radius 2 is 1.88 bits per heavy atom. The van der Waals surface area contributed by atoms with Crippen LogP contribution in [0.4, 0.5) is 5.69 Å². The average molecular weight is 350 g/mol. The number of anilines is 1. The van der Waals surface area contributed by atoms with E-state index in [1.165, 1.54) is 5.56 Å². The number of rotatable bonds is 4. The number of carbonyl (C=O) groups is 2. The standard InChI is InChI=1S/C17H24N2O3.CH2O2/c20-12-14-7-9-18(11-16(14)21)10-13-3-5-15(6-4-13)19-8-1-2-17(19)22;2-1-3/h3-6,14,16,20-21H,1-2,7-12H2;1H,(H,2,3)/t14-,16-;/m1./s1. The van der Waals surface area contributed by atoms with Gasteiger partial charge in [-0.15, -0.1) is 0 Å². The first-order chi connectivity index (χ1) is 12.1. The van der Waals surface area contributed by atoms with Crippen molar-refractivity contribution >= 4 is 18.1 Å². The van der Waals surface area contributed by atoms with E-state index in [0.29, 0.717) is 13.0 Å². The number of aliphatic hydroxyl groups is 2. The molecule has 7 heteroatoms. The molecule has 2 aliphatic rings. The van der Waals surface area contributed by atoms with Crippen LogP contribution in [0.3, 0.4) is 0 Å². The molecule has 1 aromatic rings. The second kappa shape index (κ2) is 9.50. The molecule has 0 aromatic heterocycles. The molecule has 2 atom stereocenters. The number of benzene rings is 1. The van der Waals surface area contributed by atoms with Gasteiger partial charge in [0, 0.05) is 44.3 Å². The monoisotopic (exact) mass is 350 g/mol. The highest BCUT2D eigenvalue weighted by molar-refractivity contribution is 5.95. The third kappa shape index (κ3) is 5.26. The van der Waals surface area contributed by atoms with Crippen molar-refractivity contribution in [2.45, 2.75) is 31.9 Å². The van der Waals surface area contributed by atoms with Gasteiger partial charge < -0.3 is 20.2 Å². The first kappa shape index (κ1) is 19.4. The molecule has 2 saturated heterocycles. The zero-order valence-electron chi connectivity index (χ0n) is 14.3. The lowest BCUT2D eigenvalue weighted by atomic mass is 9.94. The Kier molecular flexibility index (Phi) is 7.36. The van der Waals surface area contributed by atoms with Crippen LogP contribution >= 0.6 is 0 Å². The number of carbonyl (C=O) groups excluding carboxylic acids is 1. The summed E-state index contributed by atoms with van der Waals surface area (Å²) in [4.78, 5) is 24.2. The van der Waals surface area contributed by atoms with Gasteiger partial charge in [-0.1, -0.05) is 12.1 Å². The molecule has 0 unspecified atom stereocenters. The summed E-state index contributed by atoms with van der Waals surface area (Å²) in [6, 6.07) is 8.14. The van der Waals surface area contributed by atoms with Gasteiger partial charge in [0.1, 0.15) is 0 Å². The average Bonchev–Trinajstić information content (AvgIpc) is 3.03. The van der Waals surface area contributed by atoms with Crippen LogP contribution in [0.25, 0.3) is 0 Å². The minimum absolute atomic E-state index is 0.0137. The van der Waals surface area contributed by atoms with E-state index in [2.05, 4.69) is 17.0 Å². The molecule has 3 N–H and O–H groups in total. The topological polar surface area (TPSA) is 101 Å². The fraction of sp³-hybridized carbons (Fsp3) is 0.556. The van der Waals surface area contributed by atoms with E-state index in [4.69, 9.17) is 9.90 Å². The predicted molar refractivity (Wildman–Crippen MR) is 93.2 cm³/mol. The SMILES string of the molecule is O=C1CCCN1c1ccc(CN2CC[C@H](CO)[C@H](O)C2)cc1.O=CO. The van der Waals surface area contributed by atoms with Crippen LogP contribution in [0.15, 0.2) is 24.3 Å². The molecule has 2 heterocycles. The van der Waals surface area contributed by atoms with E-state index in [9.17, 15) is 15.0 Å². The maximum absolute atomic E-state index is 11.7. The Hall–Kier alpha value is -1.96. The Bertz CT molecular complexity index is 563. The van der Waals surface area contributed by atoms with Gasteiger partial charge in [-0.25, -0.2) is 0 Å². The van der Waals surface area contributed by atoms with E-state index in [-0.39, 0.29) is 24.9 Å². The zero-order valence-corrected chi connectivity index (χ0v) is 14.3. The minimum atomic E-state index is -0.444. The maximum Gasteiger partial charge on any atom is 0.290 e. The van der Waals surface area contributed by atoms with Gasteiger partial charge in [0.15, 0.2) is 0 Å². The summed E-state index contributed by atoms with van der Waals surface area (Å²) in [6.45, 7) is 2.93. The number of piperidine rings is 1. The number of carboxylic acid groups (broad SMARTS) is 1. The fourth-order valence-corrected chi connectivity index (χ4v) is 3.36. The first-order valence-electron chi connectivity index (χ1n) is 8.57. The molecule has 1 aromatic carbocycles. The summed E-state index contributed by atoms with van der Waals surface area (Å²) in [5, 5.41) is 26.1. The van der Waals surface area contributed by atoms with Gasteiger partial charge in [-0.3, -0.25) is 14.5 Å². The number of amides is 1. The molecule has 0 radical (unpaired) electrons. The Balaban J connectivity index is 0.000000701. The van der Waals surface area contributed by atoms with Crippen LogP contribution in [-0.2, 0) is 16.1 Å². The van der Waals surface area contributed by atoms with Crippen molar-refractivity contribution in [3.63, 3.8) is 0 Å². The fourth-order valence-electron chi connectivity index (χ4n) is 3.36. The summed E-state index contributed by atoms with van der Waals surface area (Å²) in [5.41, 5.74) is 2.16. The molecule has 2 fully saturated rings. The van der Waals surface area contributed by atoms with Crippen molar-refractivity contribution in [1.29, 1.82) is 0 Å². The smallest absolute Gasteiger partial charge is 0.290 e. The highest BCUT2D eigenvalue weighted by atomic mass is 16.3. The van der Waals surface area contributed by atoms with E-state index >= 15 is 0 Å². The lowest BCUT2D eigenvalue weighted by molar-refractivity contribution is -0.123. The molecular weight excluding hydrogens is 324 g/mol. The van der Waals surface area contributed by atoms with Crippen molar-refractivity contribution in [3.8, 4) is 0 Å². The van der Waals surface area contributed by atoms with Crippen molar-refractivity contribution in [1.82, 2.24) is 4.90 Å². The molecule has 2 aliphatic heterocycles. The second-order valence-corrected chi connectivity index (χ2v) is 6.45. The number of likely N-dealkylation sites (tertiary alicyclic amines) is 1. The van der Waals surface area contributed by atoms with Gasteiger partial charge in [-0.2, -0.15) is 0 Å². The molecule has 138 valence electrons. The number of nitrogens with zero attached hydrogens (tertiary/aromatic N) is 2. The zero-order chi connectivity index (χ0) is 18.2. The number of hydrogen-bond acceptors (Lipinski definition) is 5.